The summed E-state index contributed by atoms with van der Waals surface area (Å²) >= 11 is 0. The van der Waals surface area contributed by atoms with E-state index in [0.29, 0.717) is 25.0 Å². The van der Waals surface area contributed by atoms with Crippen molar-refractivity contribution in [1.82, 2.24) is 14.8 Å². The van der Waals surface area contributed by atoms with Crippen LogP contribution in [0.5, 0.6) is 5.75 Å². The number of halogens is 5. The van der Waals surface area contributed by atoms with E-state index in [0.717, 1.165) is 17.2 Å². The lowest BCUT2D eigenvalue weighted by Gasteiger charge is -2.44. The fourth-order valence-electron chi connectivity index (χ4n) is 5.00. The van der Waals surface area contributed by atoms with Crippen molar-refractivity contribution in [3.05, 3.63) is 63.1 Å². The van der Waals surface area contributed by atoms with Crippen LogP contribution in [-0.4, -0.2) is 50.9 Å². The standard InChI is InChI=1S/C22H18F5N3O5/c23-9-1-4-12(14(24)5-9)19(22(25,26)27)28-20(33)13-7-29-8-15-30(10-2-3-11(6-10)35-15)21(34)16(29)18(32)17(13)31/h1,4-5,7,10-11,15,19,32H,2-3,6,8H2,(H,28,33)/t10-,11+,15?,19+/m1/s1. The number of carbonyl (C=O) groups excluding carboxylic acids is 2. The smallest absolute Gasteiger partial charge is 0.412 e. The topological polar surface area (TPSA) is 101 Å². The van der Waals surface area contributed by atoms with Crippen LogP contribution < -0.4 is 10.7 Å². The van der Waals surface area contributed by atoms with Crippen LogP contribution in [-0.2, 0) is 11.3 Å². The minimum Gasteiger partial charge on any atom is -0.503 e. The molecule has 186 valence electrons. The predicted octanol–water partition coefficient (Wildman–Crippen LogP) is 2.60. The molecule has 13 heteroatoms. The number of fused-ring (bicyclic) bond motifs is 5. The van der Waals surface area contributed by atoms with Gasteiger partial charge in [-0.3, -0.25) is 14.4 Å². The maximum absolute atomic E-state index is 14.1. The Morgan fingerprint density at radius 3 is 2.63 bits per heavy atom. The van der Waals surface area contributed by atoms with Gasteiger partial charge in [-0.05, 0) is 25.3 Å². The van der Waals surface area contributed by atoms with Gasteiger partial charge in [0.1, 0.15) is 17.2 Å². The molecule has 4 atom stereocenters. The van der Waals surface area contributed by atoms with Crippen molar-refractivity contribution in [1.29, 1.82) is 0 Å². The fourth-order valence-corrected chi connectivity index (χ4v) is 5.00. The maximum atomic E-state index is 14.1. The predicted molar refractivity (Wildman–Crippen MR) is 107 cm³/mol. The second-order valence-electron chi connectivity index (χ2n) is 8.73. The van der Waals surface area contributed by atoms with Crippen LogP contribution in [0.1, 0.15) is 51.7 Å². The molecule has 1 saturated heterocycles. The monoisotopic (exact) mass is 499 g/mol. The average Bonchev–Trinajstić information content (AvgIpc) is 3.14. The van der Waals surface area contributed by atoms with E-state index in [2.05, 4.69) is 0 Å². The molecule has 2 fully saturated rings. The van der Waals surface area contributed by atoms with Crippen molar-refractivity contribution in [3.63, 3.8) is 0 Å². The van der Waals surface area contributed by atoms with Crippen molar-refractivity contribution in [2.75, 3.05) is 0 Å². The van der Waals surface area contributed by atoms with Crippen LogP contribution in [0.2, 0.25) is 0 Å². The van der Waals surface area contributed by atoms with Gasteiger partial charge in [0.2, 0.25) is 5.43 Å². The highest BCUT2D eigenvalue weighted by atomic mass is 19.4. The van der Waals surface area contributed by atoms with Gasteiger partial charge in [0.15, 0.2) is 23.7 Å². The van der Waals surface area contributed by atoms with Gasteiger partial charge < -0.3 is 24.6 Å². The maximum Gasteiger partial charge on any atom is 0.412 e. The Morgan fingerprint density at radius 1 is 1.20 bits per heavy atom. The molecule has 2 aliphatic heterocycles. The quantitative estimate of drug-likeness (QED) is 0.633. The molecule has 2 aromatic rings. The molecule has 8 nitrogen and oxygen atoms in total. The van der Waals surface area contributed by atoms with Gasteiger partial charge in [-0.15, -0.1) is 0 Å². The Morgan fingerprint density at radius 2 is 1.94 bits per heavy atom. The highest BCUT2D eigenvalue weighted by molar-refractivity contribution is 5.99. The summed E-state index contributed by atoms with van der Waals surface area (Å²) in [4.78, 5) is 39.9. The van der Waals surface area contributed by atoms with E-state index in [9.17, 15) is 41.4 Å². The normalized spacial score (nSPS) is 24.1. The second kappa shape index (κ2) is 8.04. The van der Waals surface area contributed by atoms with Gasteiger partial charge in [-0.1, -0.05) is 6.07 Å². The first-order chi connectivity index (χ1) is 16.5. The van der Waals surface area contributed by atoms with Crippen LogP contribution in [0.25, 0.3) is 0 Å². The molecule has 2 N–H and O–H groups in total. The van der Waals surface area contributed by atoms with E-state index in [4.69, 9.17) is 4.74 Å². The summed E-state index contributed by atoms with van der Waals surface area (Å²) in [5.74, 6) is -6.00. The molecule has 3 aliphatic rings. The van der Waals surface area contributed by atoms with Crippen molar-refractivity contribution in [2.24, 2.45) is 0 Å². The number of pyridine rings is 1. The molecule has 35 heavy (non-hydrogen) atoms. The molecule has 0 radical (unpaired) electrons. The average molecular weight is 499 g/mol. The molecule has 2 amide bonds. The number of rotatable bonds is 3. The largest absolute Gasteiger partial charge is 0.503 e. The summed E-state index contributed by atoms with van der Waals surface area (Å²) < 4.78 is 75.2. The Labute approximate surface area is 193 Å². The summed E-state index contributed by atoms with van der Waals surface area (Å²) in [5, 5.41) is 12.0. The van der Waals surface area contributed by atoms with E-state index in [1.165, 1.54) is 10.2 Å². The van der Waals surface area contributed by atoms with Gasteiger partial charge in [0.05, 0.1) is 12.6 Å². The van der Waals surface area contributed by atoms with E-state index in [-0.39, 0.29) is 24.8 Å². The zero-order chi connectivity index (χ0) is 25.2. The van der Waals surface area contributed by atoms with Gasteiger partial charge in [-0.2, -0.15) is 13.2 Å². The van der Waals surface area contributed by atoms with E-state index in [1.54, 1.807) is 0 Å². The van der Waals surface area contributed by atoms with Gasteiger partial charge in [0.25, 0.3) is 11.8 Å². The molecule has 1 aromatic carbocycles. The first-order valence-corrected chi connectivity index (χ1v) is 10.7. The minimum absolute atomic E-state index is 0.0581. The third kappa shape index (κ3) is 3.83. The van der Waals surface area contributed by atoms with Crippen LogP contribution in [0, 0.1) is 11.6 Å². The Hall–Kier alpha value is -3.48. The third-order valence-electron chi connectivity index (χ3n) is 6.58. The number of hydrogen-bond acceptors (Lipinski definition) is 5. The van der Waals surface area contributed by atoms with E-state index >= 15 is 0 Å². The Kier molecular flexibility index (Phi) is 5.34. The van der Waals surface area contributed by atoms with Gasteiger partial charge >= 0.3 is 6.18 Å². The lowest BCUT2D eigenvalue weighted by atomic mass is 10.0. The lowest BCUT2D eigenvalue weighted by Crippen LogP contribution is -2.57. The fraction of sp³-hybridized carbons (Fsp3) is 0.409. The van der Waals surface area contributed by atoms with Gasteiger partial charge in [0, 0.05) is 23.9 Å². The molecule has 3 heterocycles. The molecule has 1 aromatic heterocycles. The minimum atomic E-state index is -5.20. The zero-order valence-electron chi connectivity index (χ0n) is 17.8. The van der Waals surface area contributed by atoms with Crippen molar-refractivity contribution < 1.29 is 41.4 Å². The molecule has 1 aliphatic carbocycles. The van der Waals surface area contributed by atoms with Gasteiger partial charge in [-0.25, -0.2) is 8.78 Å². The van der Waals surface area contributed by atoms with Crippen molar-refractivity contribution >= 4 is 11.8 Å². The number of aromatic nitrogens is 1. The number of nitrogens with one attached hydrogen (secondary N) is 1. The van der Waals surface area contributed by atoms with Crippen LogP contribution in [0.4, 0.5) is 22.0 Å². The zero-order valence-corrected chi connectivity index (χ0v) is 17.8. The Bertz CT molecular complexity index is 1290. The van der Waals surface area contributed by atoms with Crippen LogP contribution in [0.15, 0.2) is 29.2 Å². The lowest BCUT2D eigenvalue weighted by molar-refractivity contribution is -0.155. The SMILES string of the molecule is O=C(N[C@@H](c1ccc(F)cc1F)C(F)(F)F)c1cn2c(c(O)c1=O)C(=O)N1C(C2)O[C@H]2CC[C@@H]1C2. The summed E-state index contributed by atoms with van der Waals surface area (Å²) in [6.45, 7) is -0.0581. The number of aromatic hydroxyl groups is 1. The third-order valence-corrected chi connectivity index (χ3v) is 6.58. The molecular formula is C22H18F5N3O5. The number of nitrogens with zero attached hydrogens (tertiary/aromatic N) is 2. The molecule has 1 unspecified atom stereocenters. The van der Waals surface area contributed by atoms with Crippen molar-refractivity contribution in [2.45, 2.75) is 56.4 Å². The first-order valence-electron chi connectivity index (χ1n) is 10.7. The summed E-state index contributed by atoms with van der Waals surface area (Å²) in [6.07, 6.45) is -3.08. The Balaban J connectivity index is 1.50. The number of ether oxygens (including phenoxy) is 1. The molecular weight excluding hydrogens is 481 g/mol. The van der Waals surface area contributed by atoms with Crippen LogP contribution >= 0.6 is 0 Å². The highest BCUT2D eigenvalue weighted by Crippen LogP contribution is 2.39. The summed E-state index contributed by atoms with van der Waals surface area (Å²) in [5.41, 5.74) is -3.70. The summed E-state index contributed by atoms with van der Waals surface area (Å²) in [7, 11) is 0. The van der Waals surface area contributed by atoms with Crippen molar-refractivity contribution in [3.8, 4) is 5.75 Å². The van der Waals surface area contributed by atoms with E-state index in [1.807, 2.05) is 0 Å². The molecule has 0 spiro atoms. The number of amides is 2. The first kappa shape index (κ1) is 23.3. The number of hydrogen-bond donors (Lipinski definition) is 2. The second-order valence-corrected chi connectivity index (χ2v) is 8.73. The van der Waals surface area contributed by atoms with Crippen LogP contribution in [0.3, 0.4) is 0 Å². The molecule has 5 rings (SSSR count). The number of carbonyl (C=O) groups is 2. The van der Waals surface area contributed by atoms with E-state index < -0.39 is 69.9 Å². The number of alkyl halides is 3. The molecule has 2 bridgehead atoms. The number of benzene rings is 1. The highest BCUT2D eigenvalue weighted by Gasteiger charge is 2.48. The molecule has 1 saturated carbocycles. The summed E-state index contributed by atoms with van der Waals surface area (Å²) in [6, 6.07) is -1.68.